The number of benzene rings is 4. The second-order valence-electron chi connectivity index (χ2n) is 8.27. The standard InChI is InChI=1S/C24H21N3O11S3/c1-14-7-8-18(21(9-14)41(33,34)35)26-27-23-20(39-38-37-29)11-15-10-17(40(30,31)32)12-19(22(15)24(23)28)25-13-36-16-5-3-2-4-6-16/h2-12,25,28-29H,13H2,1H3,(H,30,31,32)(H,33,34,35). The molecule has 0 saturated heterocycles. The number of aromatic hydroxyl groups is 1. The largest absolute Gasteiger partial charge is 0.505 e. The van der Waals surface area contributed by atoms with E-state index in [1.54, 1.807) is 37.3 Å². The number of rotatable bonds is 11. The summed E-state index contributed by atoms with van der Waals surface area (Å²) in [6.07, 6.45) is 0. The monoisotopic (exact) mass is 623 g/mol. The second kappa shape index (κ2) is 12.4. The van der Waals surface area contributed by atoms with E-state index in [1.807, 2.05) is 0 Å². The Morgan fingerprint density at radius 2 is 1.66 bits per heavy atom. The zero-order valence-electron chi connectivity index (χ0n) is 20.8. The molecule has 0 aliphatic carbocycles. The zero-order valence-corrected chi connectivity index (χ0v) is 23.3. The SMILES string of the molecule is Cc1ccc(N=Nc2c(SOOO)cc3cc(S(=O)(=O)O)cc(NCOc4ccccc4)c3c2O)c(S(=O)(=O)O)c1. The van der Waals surface area contributed by atoms with Gasteiger partial charge in [-0.05, 0) is 60.3 Å². The second-order valence-corrected chi connectivity index (χ2v) is 11.8. The van der Waals surface area contributed by atoms with Gasteiger partial charge in [0.2, 0.25) is 0 Å². The summed E-state index contributed by atoms with van der Waals surface area (Å²) in [6.45, 7) is 1.41. The lowest BCUT2D eigenvalue weighted by Gasteiger charge is -2.16. The molecule has 0 aliphatic rings. The predicted octanol–water partition coefficient (Wildman–Crippen LogP) is 5.64. The van der Waals surface area contributed by atoms with Crippen molar-refractivity contribution in [3.8, 4) is 11.5 Å². The predicted molar refractivity (Wildman–Crippen MR) is 147 cm³/mol. The average molecular weight is 624 g/mol. The first kappa shape index (κ1) is 30.2. The fraction of sp³-hybridized carbons (Fsp3) is 0.0833. The number of phenolic OH excluding ortho intramolecular Hbond substituents is 1. The van der Waals surface area contributed by atoms with Crippen LogP contribution >= 0.6 is 12.0 Å². The van der Waals surface area contributed by atoms with E-state index in [0.29, 0.717) is 23.4 Å². The quantitative estimate of drug-likeness (QED) is 0.0342. The molecular weight excluding hydrogens is 602 g/mol. The Morgan fingerprint density at radius 3 is 2.32 bits per heavy atom. The Bertz CT molecular complexity index is 1830. The summed E-state index contributed by atoms with van der Waals surface area (Å²) in [4.78, 5) is -1.13. The van der Waals surface area contributed by atoms with Crippen molar-refractivity contribution in [3.05, 3.63) is 72.3 Å². The van der Waals surface area contributed by atoms with Crippen LogP contribution in [0.2, 0.25) is 0 Å². The van der Waals surface area contributed by atoms with Crippen molar-refractivity contribution in [3.63, 3.8) is 0 Å². The lowest BCUT2D eigenvalue weighted by atomic mass is 10.1. The minimum Gasteiger partial charge on any atom is -0.505 e. The highest BCUT2D eigenvalue weighted by Gasteiger charge is 2.22. The molecular formula is C24H21N3O11S3. The number of para-hydroxylation sites is 1. The van der Waals surface area contributed by atoms with Crippen LogP contribution < -0.4 is 10.1 Å². The molecule has 41 heavy (non-hydrogen) atoms. The lowest BCUT2D eigenvalue weighted by Crippen LogP contribution is -2.10. The van der Waals surface area contributed by atoms with Gasteiger partial charge < -0.3 is 15.2 Å². The van der Waals surface area contributed by atoms with Gasteiger partial charge in [0.15, 0.2) is 12.5 Å². The van der Waals surface area contributed by atoms with Crippen LogP contribution in [0.5, 0.6) is 11.5 Å². The van der Waals surface area contributed by atoms with Crippen molar-refractivity contribution >= 4 is 60.1 Å². The Hall–Kier alpha value is -3.81. The highest BCUT2D eigenvalue weighted by atomic mass is 32.2. The maximum absolute atomic E-state index is 12.0. The third-order valence-electron chi connectivity index (χ3n) is 5.47. The van der Waals surface area contributed by atoms with E-state index in [2.05, 4.69) is 24.9 Å². The number of anilines is 1. The molecule has 0 saturated carbocycles. The molecule has 0 radical (unpaired) electrons. The molecule has 0 amide bonds. The van der Waals surface area contributed by atoms with E-state index in [1.165, 1.54) is 24.3 Å². The van der Waals surface area contributed by atoms with Gasteiger partial charge >= 0.3 is 0 Å². The van der Waals surface area contributed by atoms with Crippen molar-refractivity contribution in [2.24, 2.45) is 10.2 Å². The van der Waals surface area contributed by atoms with Crippen LogP contribution in [0.3, 0.4) is 0 Å². The number of nitrogens with zero attached hydrogens (tertiary/aromatic N) is 2. The molecule has 0 aromatic heterocycles. The Morgan fingerprint density at radius 1 is 0.927 bits per heavy atom. The van der Waals surface area contributed by atoms with Gasteiger partial charge in [0.05, 0.1) is 21.8 Å². The smallest absolute Gasteiger partial charge is 0.296 e. The van der Waals surface area contributed by atoms with Crippen molar-refractivity contribution < 1.29 is 50.4 Å². The lowest BCUT2D eigenvalue weighted by molar-refractivity contribution is -0.432. The number of hydrogen-bond donors (Lipinski definition) is 5. The van der Waals surface area contributed by atoms with Crippen molar-refractivity contribution in [2.45, 2.75) is 21.6 Å². The molecule has 0 aliphatic heterocycles. The van der Waals surface area contributed by atoms with E-state index in [0.717, 1.165) is 12.1 Å². The van der Waals surface area contributed by atoms with Crippen molar-refractivity contribution in [1.29, 1.82) is 0 Å². The van der Waals surface area contributed by atoms with Crippen LogP contribution in [-0.2, 0) is 29.6 Å². The van der Waals surface area contributed by atoms with Crippen LogP contribution in [0.15, 0.2) is 91.6 Å². The molecule has 0 spiro atoms. The van der Waals surface area contributed by atoms with Gasteiger partial charge in [-0.3, -0.25) is 9.11 Å². The first-order valence-electron chi connectivity index (χ1n) is 11.3. The maximum atomic E-state index is 12.0. The summed E-state index contributed by atoms with van der Waals surface area (Å²) in [5.41, 5.74) is -0.0555. The maximum Gasteiger partial charge on any atom is 0.296 e. The molecule has 0 unspecified atom stereocenters. The zero-order chi connectivity index (χ0) is 29.8. The molecule has 0 bridgehead atoms. The molecule has 216 valence electrons. The fourth-order valence-corrected chi connectivity index (χ4v) is 5.43. The fourth-order valence-electron chi connectivity index (χ4n) is 3.69. The number of azo groups is 1. The molecule has 17 heteroatoms. The number of aryl methyl sites for hydroxylation is 1. The van der Waals surface area contributed by atoms with Crippen LogP contribution in [0, 0.1) is 6.92 Å². The Balaban J connectivity index is 1.88. The number of fused-ring (bicyclic) bond motifs is 1. The minimum atomic E-state index is -4.70. The Kier molecular flexibility index (Phi) is 9.10. The van der Waals surface area contributed by atoms with Crippen molar-refractivity contribution in [2.75, 3.05) is 12.0 Å². The summed E-state index contributed by atoms with van der Waals surface area (Å²) >= 11 is 0.347. The first-order valence-corrected chi connectivity index (χ1v) is 14.9. The first-order chi connectivity index (χ1) is 19.4. The summed E-state index contributed by atoms with van der Waals surface area (Å²) in [5.74, 6) is -0.0959. The highest BCUT2D eigenvalue weighted by molar-refractivity contribution is 7.94. The van der Waals surface area contributed by atoms with Gasteiger partial charge in [0.25, 0.3) is 20.2 Å². The third-order valence-corrected chi connectivity index (χ3v) is 7.81. The molecule has 0 atom stereocenters. The summed E-state index contributed by atoms with van der Waals surface area (Å²) in [6, 6.07) is 16.0. The van der Waals surface area contributed by atoms with Crippen LogP contribution in [-0.4, -0.2) is 43.0 Å². The number of nitrogens with one attached hydrogen (secondary N) is 1. The molecule has 4 aromatic rings. The summed E-state index contributed by atoms with van der Waals surface area (Å²) in [5, 5.41) is 34.3. The molecule has 0 heterocycles. The number of hydrogen-bond acceptors (Lipinski definition) is 13. The van der Waals surface area contributed by atoms with Crippen LogP contribution in [0.1, 0.15) is 5.56 Å². The van der Waals surface area contributed by atoms with Gasteiger partial charge in [-0.1, -0.05) is 29.3 Å². The van der Waals surface area contributed by atoms with Crippen molar-refractivity contribution in [1.82, 2.24) is 0 Å². The highest BCUT2D eigenvalue weighted by Crippen LogP contribution is 2.47. The molecule has 14 nitrogen and oxygen atoms in total. The topological polar surface area (TPSA) is 214 Å². The molecule has 4 rings (SSSR count). The third kappa shape index (κ3) is 7.29. The van der Waals surface area contributed by atoms with E-state index in [4.69, 9.17) is 9.99 Å². The molecule has 5 N–H and O–H groups in total. The normalized spacial score (nSPS) is 12.2. The van der Waals surface area contributed by atoms with Crippen LogP contribution in [0.25, 0.3) is 10.8 Å². The summed E-state index contributed by atoms with van der Waals surface area (Å²) < 4.78 is 77.1. The van der Waals surface area contributed by atoms with E-state index in [9.17, 15) is 31.0 Å². The number of ether oxygens (including phenoxy) is 1. The number of phenols is 1. The van der Waals surface area contributed by atoms with Gasteiger partial charge in [-0.15, -0.1) is 14.6 Å². The Labute approximate surface area is 237 Å². The van der Waals surface area contributed by atoms with Gasteiger partial charge in [-0.25, -0.2) is 5.26 Å². The average Bonchev–Trinajstić information content (AvgIpc) is 2.91. The van der Waals surface area contributed by atoms with Gasteiger partial charge in [0.1, 0.15) is 22.0 Å². The van der Waals surface area contributed by atoms with Gasteiger partial charge in [-0.2, -0.15) is 16.8 Å². The van der Waals surface area contributed by atoms with Gasteiger partial charge in [0, 0.05) is 11.1 Å². The van der Waals surface area contributed by atoms with E-state index < -0.39 is 35.8 Å². The molecule has 4 aromatic carbocycles. The minimum absolute atomic E-state index is 0.00448. The summed E-state index contributed by atoms with van der Waals surface area (Å²) in [7, 11) is -9.39. The van der Waals surface area contributed by atoms with E-state index in [-0.39, 0.29) is 39.5 Å². The molecule has 0 fully saturated rings. The van der Waals surface area contributed by atoms with E-state index >= 15 is 0 Å². The van der Waals surface area contributed by atoms with Crippen LogP contribution in [0.4, 0.5) is 17.1 Å².